The zero-order valence-corrected chi connectivity index (χ0v) is 8.63. The average molecular weight is 216 g/mol. The highest BCUT2D eigenvalue weighted by molar-refractivity contribution is 5.86. The third-order valence-corrected chi connectivity index (χ3v) is 1.82. The largest absolute Gasteiger partial charge is 0.472 e. The van der Waals surface area contributed by atoms with Crippen LogP contribution in [0.4, 0.5) is 0 Å². The highest BCUT2D eigenvalue weighted by atomic mass is 16.4. The van der Waals surface area contributed by atoms with E-state index in [1.54, 1.807) is 12.2 Å². The molecule has 0 amide bonds. The Bertz CT molecular complexity index is 423. The van der Waals surface area contributed by atoms with E-state index in [-0.39, 0.29) is 6.42 Å². The molecule has 3 nitrogen and oxygen atoms in total. The summed E-state index contributed by atoms with van der Waals surface area (Å²) < 4.78 is 0. The summed E-state index contributed by atoms with van der Waals surface area (Å²) in [4.78, 5) is 10.1. The Morgan fingerprint density at radius 3 is 2.69 bits per heavy atom. The van der Waals surface area contributed by atoms with Crippen LogP contribution in [0.5, 0.6) is 0 Å². The number of rotatable bonds is 3. The number of aliphatic hydroxyl groups is 1. The van der Waals surface area contributed by atoms with Gasteiger partial charge < -0.3 is 10.2 Å². The number of carboxylic acid groups (broad SMARTS) is 1. The van der Waals surface area contributed by atoms with Crippen LogP contribution in [-0.4, -0.2) is 22.3 Å². The second kappa shape index (κ2) is 6.44. The minimum absolute atomic E-state index is 0.121. The molecule has 0 aliphatic heterocycles. The van der Waals surface area contributed by atoms with Gasteiger partial charge in [0, 0.05) is 12.3 Å². The number of benzene rings is 1. The zero-order valence-electron chi connectivity index (χ0n) is 8.63. The van der Waals surface area contributed by atoms with Crippen molar-refractivity contribution >= 4 is 12.0 Å². The van der Waals surface area contributed by atoms with Gasteiger partial charge in [0.15, 0.2) is 0 Å². The smallest absolute Gasteiger partial charge is 0.381 e. The molecule has 1 atom stereocenters. The molecule has 0 aromatic heterocycles. The Balaban J connectivity index is 2.47. The van der Waals surface area contributed by atoms with Crippen LogP contribution >= 0.6 is 0 Å². The fourth-order valence-electron chi connectivity index (χ4n) is 1.09. The first-order chi connectivity index (χ1) is 7.68. The molecule has 0 heterocycles. The lowest BCUT2D eigenvalue weighted by molar-refractivity contribution is -0.130. The van der Waals surface area contributed by atoms with Crippen molar-refractivity contribution in [2.45, 2.75) is 12.5 Å². The third-order valence-electron chi connectivity index (χ3n) is 1.82. The first-order valence-electron chi connectivity index (χ1n) is 4.81. The topological polar surface area (TPSA) is 57.5 Å². The fourth-order valence-corrected chi connectivity index (χ4v) is 1.09. The van der Waals surface area contributed by atoms with E-state index >= 15 is 0 Å². The molecule has 0 aliphatic carbocycles. The van der Waals surface area contributed by atoms with Gasteiger partial charge in [-0.1, -0.05) is 48.4 Å². The van der Waals surface area contributed by atoms with Crippen LogP contribution < -0.4 is 0 Å². The molecule has 1 aromatic rings. The standard InChI is InChI=1S/C13H12O3/c14-12(7-4-8-13(15)16)10-9-11-5-2-1-3-6-11/h1-3,5-6,9-10,12,14H,7H2,(H,15,16)/b10-9+. The van der Waals surface area contributed by atoms with Crippen LogP contribution in [0, 0.1) is 11.8 Å². The van der Waals surface area contributed by atoms with Gasteiger partial charge in [0.25, 0.3) is 0 Å². The molecule has 1 aromatic carbocycles. The summed E-state index contributed by atoms with van der Waals surface area (Å²) in [6.45, 7) is 0. The van der Waals surface area contributed by atoms with Crippen LogP contribution in [-0.2, 0) is 4.79 Å². The molecule has 16 heavy (non-hydrogen) atoms. The predicted octanol–water partition coefficient (Wildman–Crippen LogP) is 1.54. The van der Waals surface area contributed by atoms with E-state index in [1.807, 2.05) is 36.3 Å². The minimum Gasteiger partial charge on any atom is -0.472 e. The van der Waals surface area contributed by atoms with Crippen molar-refractivity contribution < 1.29 is 15.0 Å². The Morgan fingerprint density at radius 1 is 1.38 bits per heavy atom. The molecular formula is C13H12O3. The van der Waals surface area contributed by atoms with Gasteiger partial charge in [0.2, 0.25) is 0 Å². The van der Waals surface area contributed by atoms with Gasteiger partial charge in [-0.05, 0) is 5.56 Å². The molecule has 0 saturated heterocycles. The second-order valence-corrected chi connectivity index (χ2v) is 3.15. The molecule has 0 spiro atoms. The monoisotopic (exact) mass is 216 g/mol. The molecule has 82 valence electrons. The van der Waals surface area contributed by atoms with Gasteiger partial charge in [-0.2, -0.15) is 0 Å². The maximum absolute atomic E-state index is 10.1. The second-order valence-electron chi connectivity index (χ2n) is 3.15. The summed E-state index contributed by atoms with van der Waals surface area (Å²) in [5, 5.41) is 17.7. The van der Waals surface area contributed by atoms with E-state index in [0.717, 1.165) is 5.56 Å². The van der Waals surface area contributed by atoms with Crippen LogP contribution in [0.15, 0.2) is 36.4 Å². The number of carboxylic acids is 1. The molecule has 0 aliphatic rings. The fraction of sp³-hybridized carbons (Fsp3) is 0.154. The molecule has 0 saturated carbocycles. The number of hydrogen-bond acceptors (Lipinski definition) is 2. The Hall–Kier alpha value is -2.05. The molecule has 2 N–H and O–H groups in total. The number of aliphatic hydroxyl groups excluding tert-OH is 1. The van der Waals surface area contributed by atoms with Crippen LogP contribution in [0.3, 0.4) is 0 Å². The van der Waals surface area contributed by atoms with Crippen molar-refractivity contribution in [1.29, 1.82) is 0 Å². The quantitative estimate of drug-likeness (QED) is 0.753. The summed E-state index contributed by atoms with van der Waals surface area (Å²) >= 11 is 0. The van der Waals surface area contributed by atoms with E-state index in [1.165, 1.54) is 0 Å². The minimum atomic E-state index is -1.18. The highest BCUT2D eigenvalue weighted by Gasteiger charge is 1.95. The third kappa shape index (κ3) is 4.99. The SMILES string of the molecule is O=C(O)C#CCC(O)/C=C/c1ccccc1. The van der Waals surface area contributed by atoms with E-state index in [0.29, 0.717) is 0 Å². The van der Waals surface area contributed by atoms with E-state index in [9.17, 15) is 9.90 Å². The number of carbonyl (C=O) groups is 1. The first-order valence-corrected chi connectivity index (χ1v) is 4.81. The molecule has 0 fully saturated rings. The van der Waals surface area contributed by atoms with Gasteiger partial charge in [-0.3, -0.25) is 0 Å². The summed E-state index contributed by atoms with van der Waals surface area (Å²) in [7, 11) is 0. The van der Waals surface area contributed by atoms with Crippen molar-refractivity contribution in [3.05, 3.63) is 42.0 Å². The van der Waals surface area contributed by atoms with Crippen LogP contribution in [0.1, 0.15) is 12.0 Å². The van der Waals surface area contributed by atoms with Crippen molar-refractivity contribution in [2.75, 3.05) is 0 Å². The first kappa shape index (κ1) is 12.0. The normalized spacial score (nSPS) is 11.8. The number of hydrogen-bond donors (Lipinski definition) is 2. The van der Waals surface area contributed by atoms with Crippen molar-refractivity contribution in [3.63, 3.8) is 0 Å². The summed E-state index contributed by atoms with van der Waals surface area (Å²) in [5.41, 5.74) is 0.979. The zero-order chi connectivity index (χ0) is 11.8. The molecule has 3 heteroatoms. The Kier molecular flexibility index (Phi) is 4.84. The Labute approximate surface area is 94.0 Å². The highest BCUT2D eigenvalue weighted by Crippen LogP contribution is 2.03. The van der Waals surface area contributed by atoms with Crippen molar-refractivity contribution in [1.82, 2.24) is 0 Å². The molecule has 0 bridgehead atoms. The van der Waals surface area contributed by atoms with Crippen LogP contribution in [0.25, 0.3) is 6.08 Å². The number of aliphatic carboxylic acids is 1. The maximum Gasteiger partial charge on any atom is 0.381 e. The van der Waals surface area contributed by atoms with Gasteiger partial charge in [-0.25, -0.2) is 4.79 Å². The molecule has 1 unspecified atom stereocenters. The van der Waals surface area contributed by atoms with E-state index in [2.05, 4.69) is 5.92 Å². The summed E-state index contributed by atoms with van der Waals surface area (Å²) in [5.74, 6) is 3.14. The summed E-state index contributed by atoms with van der Waals surface area (Å²) in [6, 6.07) is 9.52. The molecule has 0 radical (unpaired) electrons. The summed E-state index contributed by atoms with van der Waals surface area (Å²) in [6.07, 6.45) is 2.74. The molecular weight excluding hydrogens is 204 g/mol. The van der Waals surface area contributed by atoms with E-state index in [4.69, 9.17) is 5.11 Å². The van der Waals surface area contributed by atoms with E-state index < -0.39 is 12.1 Å². The van der Waals surface area contributed by atoms with Gasteiger partial charge in [-0.15, -0.1) is 0 Å². The van der Waals surface area contributed by atoms with Crippen molar-refractivity contribution in [2.24, 2.45) is 0 Å². The van der Waals surface area contributed by atoms with Gasteiger partial charge in [0.1, 0.15) is 0 Å². The average Bonchev–Trinajstić information content (AvgIpc) is 2.27. The van der Waals surface area contributed by atoms with Gasteiger partial charge in [0.05, 0.1) is 6.10 Å². The molecule has 1 rings (SSSR count). The lowest BCUT2D eigenvalue weighted by Crippen LogP contribution is -2.00. The Morgan fingerprint density at radius 2 is 2.06 bits per heavy atom. The lowest BCUT2D eigenvalue weighted by Gasteiger charge is -1.98. The van der Waals surface area contributed by atoms with Gasteiger partial charge >= 0.3 is 5.97 Å². The maximum atomic E-state index is 10.1. The van der Waals surface area contributed by atoms with Crippen molar-refractivity contribution in [3.8, 4) is 11.8 Å². The predicted molar refractivity (Wildman–Crippen MR) is 61.5 cm³/mol. The lowest BCUT2D eigenvalue weighted by atomic mass is 10.1. The van der Waals surface area contributed by atoms with Crippen LogP contribution in [0.2, 0.25) is 0 Å².